The molecule has 0 fully saturated rings. The molecule has 2 aromatic carbocycles. The van der Waals surface area contributed by atoms with E-state index in [9.17, 15) is 8.42 Å². The molecule has 0 radical (unpaired) electrons. The van der Waals surface area contributed by atoms with Gasteiger partial charge in [0.25, 0.3) is 5.22 Å². The van der Waals surface area contributed by atoms with E-state index in [-0.39, 0.29) is 4.90 Å². The van der Waals surface area contributed by atoms with Gasteiger partial charge in [-0.3, -0.25) is 0 Å². The van der Waals surface area contributed by atoms with Crippen LogP contribution in [0, 0.1) is 0 Å². The van der Waals surface area contributed by atoms with Gasteiger partial charge < -0.3 is 4.42 Å². The number of rotatable bonds is 5. The number of aromatic nitrogens is 1. The second-order valence-corrected chi connectivity index (χ2v) is 9.33. The summed E-state index contributed by atoms with van der Waals surface area (Å²) >= 11 is 13.3. The number of nitrogens with zero attached hydrogens (tertiary/aromatic N) is 2. The van der Waals surface area contributed by atoms with Crippen LogP contribution >= 0.6 is 35.0 Å². The average Bonchev–Trinajstić information content (AvgIpc) is 2.97. The number of thioether (sulfide) groups is 1. The summed E-state index contributed by atoms with van der Waals surface area (Å²) in [4.78, 5) is 4.54. The van der Waals surface area contributed by atoms with Crippen LogP contribution in [-0.4, -0.2) is 31.8 Å². The van der Waals surface area contributed by atoms with E-state index in [1.165, 1.54) is 38.0 Å². The number of halogens is 2. The molecule has 0 amide bonds. The van der Waals surface area contributed by atoms with Crippen molar-refractivity contribution in [2.75, 3.05) is 14.1 Å². The Hall–Kier alpha value is -1.25. The van der Waals surface area contributed by atoms with Gasteiger partial charge >= 0.3 is 0 Å². The standard InChI is InChI=1S/C16H14Cl2N2O3S2/c1-20(2)25(21,22)11-4-6-15-14(8-11)19-16(23-15)24-9-10-3-5-12(17)13(18)7-10/h3-8H,9H2,1-2H3. The van der Waals surface area contributed by atoms with Crippen molar-refractivity contribution in [3.05, 3.63) is 52.0 Å². The van der Waals surface area contributed by atoms with Gasteiger partial charge in [0.1, 0.15) is 5.52 Å². The number of hydrogen-bond acceptors (Lipinski definition) is 5. The van der Waals surface area contributed by atoms with Gasteiger partial charge in [-0.15, -0.1) is 0 Å². The molecule has 0 aliphatic heterocycles. The second kappa shape index (κ2) is 7.17. The molecule has 0 saturated carbocycles. The smallest absolute Gasteiger partial charge is 0.257 e. The second-order valence-electron chi connectivity index (χ2n) is 5.43. The molecule has 132 valence electrons. The van der Waals surface area contributed by atoms with Gasteiger partial charge in [-0.05, 0) is 35.9 Å². The van der Waals surface area contributed by atoms with Crippen LogP contribution in [0.15, 0.2) is 50.9 Å². The van der Waals surface area contributed by atoms with Crippen LogP contribution in [0.25, 0.3) is 11.1 Å². The van der Waals surface area contributed by atoms with Gasteiger partial charge in [-0.2, -0.15) is 0 Å². The molecule has 0 N–H and O–H groups in total. The molecule has 0 bridgehead atoms. The predicted molar refractivity (Wildman–Crippen MR) is 101 cm³/mol. The Morgan fingerprint density at radius 2 is 1.88 bits per heavy atom. The molecule has 0 saturated heterocycles. The zero-order chi connectivity index (χ0) is 18.2. The van der Waals surface area contributed by atoms with Crippen molar-refractivity contribution in [2.24, 2.45) is 0 Å². The molecule has 5 nitrogen and oxygen atoms in total. The minimum absolute atomic E-state index is 0.180. The van der Waals surface area contributed by atoms with E-state index >= 15 is 0 Å². The monoisotopic (exact) mass is 416 g/mol. The highest BCUT2D eigenvalue weighted by molar-refractivity contribution is 7.98. The summed E-state index contributed by atoms with van der Waals surface area (Å²) in [5.74, 6) is 0.604. The predicted octanol–water partition coefficient (Wildman–Crippen LogP) is 4.68. The zero-order valence-corrected chi connectivity index (χ0v) is 16.5. The number of hydrogen-bond donors (Lipinski definition) is 0. The maximum atomic E-state index is 12.2. The van der Waals surface area contributed by atoms with Crippen molar-refractivity contribution < 1.29 is 12.8 Å². The Labute approximate surface area is 160 Å². The lowest BCUT2D eigenvalue weighted by atomic mass is 10.2. The molecule has 0 unspecified atom stereocenters. The van der Waals surface area contributed by atoms with Gasteiger partial charge in [0, 0.05) is 19.8 Å². The SMILES string of the molecule is CN(C)S(=O)(=O)c1ccc2oc(SCc3ccc(Cl)c(Cl)c3)nc2c1. The first-order valence-corrected chi connectivity index (χ1v) is 10.4. The van der Waals surface area contributed by atoms with E-state index in [1.807, 2.05) is 6.07 Å². The summed E-state index contributed by atoms with van der Waals surface area (Å²) in [5.41, 5.74) is 2.02. The molecule has 25 heavy (non-hydrogen) atoms. The summed E-state index contributed by atoms with van der Waals surface area (Å²) in [6, 6.07) is 10.0. The van der Waals surface area contributed by atoms with Crippen molar-refractivity contribution in [3.63, 3.8) is 0 Å². The fourth-order valence-corrected chi connectivity index (χ4v) is 4.12. The normalized spacial score (nSPS) is 12.2. The van der Waals surface area contributed by atoms with Crippen LogP contribution in [0.4, 0.5) is 0 Å². The first-order valence-electron chi connectivity index (χ1n) is 7.17. The highest BCUT2D eigenvalue weighted by atomic mass is 35.5. The number of sulfonamides is 1. The zero-order valence-electron chi connectivity index (χ0n) is 13.4. The third-order valence-electron chi connectivity index (χ3n) is 3.46. The summed E-state index contributed by atoms with van der Waals surface area (Å²) in [6.07, 6.45) is 0. The van der Waals surface area contributed by atoms with Crippen LogP contribution in [-0.2, 0) is 15.8 Å². The molecule has 9 heteroatoms. The largest absolute Gasteiger partial charge is 0.431 e. The summed E-state index contributed by atoms with van der Waals surface area (Å²) in [6.45, 7) is 0. The van der Waals surface area contributed by atoms with Gasteiger partial charge in [0.2, 0.25) is 10.0 Å². The molecular formula is C16H14Cl2N2O3S2. The summed E-state index contributed by atoms with van der Waals surface area (Å²) < 4.78 is 31.2. The van der Waals surface area contributed by atoms with Gasteiger partial charge in [-0.1, -0.05) is 41.0 Å². The summed E-state index contributed by atoms with van der Waals surface area (Å²) in [7, 11) is -0.532. The van der Waals surface area contributed by atoms with Crippen molar-refractivity contribution in [3.8, 4) is 0 Å². The average molecular weight is 417 g/mol. The Kier molecular flexibility index (Phi) is 5.31. The highest BCUT2D eigenvalue weighted by Crippen LogP contribution is 2.30. The van der Waals surface area contributed by atoms with Gasteiger partial charge in [0.15, 0.2) is 5.58 Å². The van der Waals surface area contributed by atoms with Crippen LogP contribution in [0.5, 0.6) is 0 Å². The molecule has 3 aromatic rings. The lowest BCUT2D eigenvalue weighted by Crippen LogP contribution is -2.22. The van der Waals surface area contributed by atoms with E-state index in [4.69, 9.17) is 27.6 Å². The Morgan fingerprint density at radius 3 is 2.56 bits per heavy atom. The van der Waals surface area contributed by atoms with E-state index in [2.05, 4.69) is 4.98 Å². The highest BCUT2D eigenvalue weighted by Gasteiger charge is 2.19. The Balaban J connectivity index is 1.82. The third kappa shape index (κ3) is 3.96. The van der Waals surface area contributed by atoms with E-state index in [1.54, 1.807) is 18.2 Å². The molecule has 1 aromatic heterocycles. The van der Waals surface area contributed by atoms with Gasteiger partial charge in [0.05, 0.1) is 14.9 Å². The molecule has 0 aliphatic carbocycles. The third-order valence-corrected chi connectivity index (χ3v) is 6.91. The van der Waals surface area contributed by atoms with Crippen molar-refractivity contribution in [1.82, 2.24) is 9.29 Å². The summed E-state index contributed by atoms with van der Waals surface area (Å²) in [5, 5.41) is 1.46. The lowest BCUT2D eigenvalue weighted by Gasteiger charge is -2.10. The van der Waals surface area contributed by atoms with Crippen molar-refractivity contribution in [2.45, 2.75) is 15.9 Å². The maximum absolute atomic E-state index is 12.2. The number of benzene rings is 2. The van der Waals surface area contributed by atoms with E-state index < -0.39 is 10.0 Å². The lowest BCUT2D eigenvalue weighted by molar-refractivity contribution is 0.489. The first-order chi connectivity index (χ1) is 11.8. The van der Waals surface area contributed by atoms with Crippen LogP contribution in [0.3, 0.4) is 0 Å². The topological polar surface area (TPSA) is 63.4 Å². The quantitative estimate of drug-likeness (QED) is 0.565. The minimum Gasteiger partial charge on any atom is -0.431 e. The Bertz CT molecular complexity index is 1030. The first kappa shape index (κ1) is 18.5. The Morgan fingerprint density at radius 1 is 1.12 bits per heavy atom. The number of oxazole rings is 1. The van der Waals surface area contributed by atoms with Crippen LogP contribution in [0.1, 0.15) is 5.56 Å². The van der Waals surface area contributed by atoms with E-state index in [0.717, 1.165) is 9.87 Å². The molecular weight excluding hydrogens is 403 g/mol. The molecule has 0 spiro atoms. The minimum atomic E-state index is -3.51. The molecule has 3 rings (SSSR count). The fourth-order valence-electron chi connectivity index (χ4n) is 2.09. The van der Waals surface area contributed by atoms with Gasteiger partial charge in [-0.25, -0.2) is 17.7 Å². The molecule has 0 atom stereocenters. The molecule has 0 aliphatic rings. The van der Waals surface area contributed by atoms with Crippen LogP contribution < -0.4 is 0 Å². The maximum Gasteiger partial charge on any atom is 0.257 e. The van der Waals surface area contributed by atoms with Crippen molar-refractivity contribution in [1.29, 1.82) is 0 Å². The van der Waals surface area contributed by atoms with Crippen molar-refractivity contribution >= 4 is 56.1 Å². The van der Waals surface area contributed by atoms with Crippen LogP contribution in [0.2, 0.25) is 10.0 Å². The van der Waals surface area contributed by atoms with E-state index in [0.29, 0.717) is 32.1 Å². The number of fused-ring (bicyclic) bond motifs is 1. The molecule has 1 heterocycles. The fraction of sp³-hybridized carbons (Fsp3) is 0.188.